The zero-order chi connectivity index (χ0) is 12.4. The molecule has 0 rings (SSSR count). The largest absolute Gasteiger partial charge is 0.465 e. The molecular formula is C13H24O3. The van der Waals surface area contributed by atoms with E-state index in [-0.39, 0.29) is 12.6 Å². The quantitative estimate of drug-likeness (QED) is 0.346. The van der Waals surface area contributed by atoms with Crippen molar-refractivity contribution in [3.8, 4) is 0 Å². The van der Waals surface area contributed by atoms with Gasteiger partial charge in [-0.1, -0.05) is 39.5 Å². The van der Waals surface area contributed by atoms with Gasteiger partial charge in [0.15, 0.2) is 0 Å². The van der Waals surface area contributed by atoms with E-state index in [1.807, 2.05) is 6.92 Å². The molecule has 94 valence electrons. The van der Waals surface area contributed by atoms with Crippen LogP contribution in [0.3, 0.4) is 0 Å². The Morgan fingerprint density at radius 1 is 1.25 bits per heavy atom. The van der Waals surface area contributed by atoms with E-state index >= 15 is 0 Å². The van der Waals surface area contributed by atoms with Crippen molar-refractivity contribution in [2.24, 2.45) is 5.41 Å². The summed E-state index contributed by atoms with van der Waals surface area (Å²) in [6.07, 6.45) is 7.07. The second-order valence-corrected chi connectivity index (χ2v) is 4.42. The first kappa shape index (κ1) is 15.1. The topological polar surface area (TPSA) is 43.4 Å². The van der Waals surface area contributed by atoms with Gasteiger partial charge in [0.1, 0.15) is 12.9 Å². The van der Waals surface area contributed by atoms with E-state index in [1.165, 1.54) is 19.8 Å². The highest BCUT2D eigenvalue weighted by Gasteiger charge is 2.28. The van der Waals surface area contributed by atoms with Gasteiger partial charge in [-0.2, -0.15) is 0 Å². The van der Waals surface area contributed by atoms with E-state index in [4.69, 9.17) is 4.74 Å². The summed E-state index contributed by atoms with van der Waals surface area (Å²) < 4.78 is 4.98. The molecule has 0 amide bonds. The second kappa shape index (κ2) is 8.31. The zero-order valence-corrected chi connectivity index (χ0v) is 10.8. The van der Waals surface area contributed by atoms with Gasteiger partial charge in [0.05, 0.1) is 5.41 Å². The van der Waals surface area contributed by atoms with Crippen LogP contribution in [0.4, 0.5) is 0 Å². The van der Waals surface area contributed by atoms with E-state index in [2.05, 4.69) is 6.92 Å². The molecule has 3 heteroatoms. The lowest BCUT2D eigenvalue weighted by Crippen LogP contribution is -2.29. The van der Waals surface area contributed by atoms with E-state index < -0.39 is 5.41 Å². The Bertz CT molecular complexity index is 213. The minimum Gasteiger partial charge on any atom is -0.465 e. The molecule has 1 atom stereocenters. The Morgan fingerprint density at radius 2 is 1.94 bits per heavy atom. The molecule has 0 N–H and O–H groups in total. The molecule has 0 aromatic heterocycles. The number of carbonyl (C=O) groups is 2. The highest BCUT2D eigenvalue weighted by molar-refractivity contribution is 5.67. The maximum atomic E-state index is 11.1. The molecule has 3 nitrogen and oxygen atoms in total. The molecule has 0 aliphatic heterocycles. The lowest BCUT2D eigenvalue weighted by atomic mass is 9.82. The third-order valence-corrected chi connectivity index (χ3v) is 3.05. The van der Waals surface area contributed by atoms with Gasteiger partial charge in [-0.25, -0.2) is 0 Å². The average molecular weight is 228 g/mol. The van der Waals surface area contributed by atoms with Crippen LogP contribution in [0.2, 0.25) is 0 Å². The van der Waals surface area contributed by atoms with Crippen LogP contribution in [0.25, 0.3) is 0 Å². The summed E-state index contributed by atoms with van der Waals surface area (Å²) in [5.41, 5.74) is -0.459. The van der Waals surface area contributed by atoms with Crippen LogP contribution in [-0.4, -0.2) is 18.9 Å². The molecule has 0 aliphatic carbocycles. The summed E-state index contributed by atoms with van der Waals surface area (Å²) in [6.45, 7) is 5.74. The number of hydrogen-bond acceptors (Lipinski definition) is 3. The van der Waals surface area contributed by atoms with Gasteiger partial charge in [0.25, 0.3) is 0 Å². The van der Waals surface area contributed by atoms with Gasteiger partial charge in [-0.3, -0.25) is 4.79 Å². The van der Waals surface area contributed by atoms with Gasteiger partial charge in [0, 0.05) is 6.92 Å². The Labute approximate surface area is 98.6 Å². The molecule has 0 heterocycles. The van der Waals surface area contributed by atoms with Crippen LogP contribution in [0.15, 0.2) is 0 Å². The molecular weight excluding hydrogens is 204 g/mol. The lowest BCUT2D eigenvalue weighted by molar-refractivity contribution is -0.146. The molecule has 0 saturated carbocycles. The van der Waals surface area contributed by atoms with E-state index in [0.29, 0.717) is 0 Å². The predicted molar refractivity (Wildman–Crippen MR) is 64.2 cm³/mol. The number of hydrogen-bond donors (Lipinski definition) is 0. The second-order valence-electron chi connectivity index (χ2n) is 4.42. The predicted octanol–water partition coefficient (Wildman–Crippen LogP) is 3.12. The summed E-state index contributed by atoms with van der Waals surface area (Å²) in [7, 11) is 0. The van der Waals surface area contributed by atoms with Crippen molar-refractivity contribution in [2.45, 2.75) is 59.3 Å². The van der Waals surface area contributed by atoms with Crippen LogP contribution in [-0.2, 0) is 14.3 Å². The van der Waals surface area contributed by atoms with Crippen molar-refractivity contribution in [3.63, 3.8) is 0 Å². The SMILES string of the molecule is CCCCCCC(C=O)(CC)COC(C)=O. The van der Waals surface area contributed by atoms with Crippen molar-refractivity contribution in [1.29, 1.82) is 0 Å². The van der Waals surface area contributed by atoms with Crippen molar-refractivity contribution < 1.29 is 14.3 Å². The van der Waals surface area contributed by atoms with Crippen LogP contribution >= 0.6 is 0 Å². The molecule has 0 bridgehead atoms. The Hall–Kier alpha value is -0.860. The maximum Gasteiger partial charge on any atom is 0.302 e. The number of rotatable bonds is 9. The number of esters is 1. The summed E-state index contributed by atoms with van der Waals surface area (Å²) in [5.74, 6) is -0.312. The monoisotopic (exact) mass is 228 g/mol. The van der Waals surface area contributed by atoms with Crippen molar-refractivity contribution >= 4 is 12.3 Å². The zero-order valence-electron chi connectivity index (χ0n) is 10.8. The fourth-order valence-electron chi connectivity index (χ4n) is 1.68. The lowest BCUT2D eigenvalue weighted by Gasteiger charge is -2.25. The van der Waals surface area contributed by atoms with Gasteiger partial charge in [-0.15, -0.1) is 0 Å². The summed E-state index contributed by atoms with van der Waals surface area (Å²) in [4.78, 5) is 21.9. The van der Waals surface area contributed by atoms with E-state index in [9.17, 15) is 9.59 Å². The molecule has 0 fully saturated rings. The molecule has 0 spiro atoms. The van der Waals surface area contributed by atoms with Crippen molar-refractivity contribution in [1.82, 2.24) is 0 Å². The first-order valence-electron chi connectivity index (χ1n) is 6.20. The van der Waals surface area contributed by atoms with Crippen LogP contribution in [0.5, 0.6) is 0 Å². The number of aldehydes is 1. The van der Waals surface area contributed by atoms with Gasteiger partial charge < -0.3 is 9.53 Å². The third-order valence-electron chi connectivity index (χ3n) is 3.05. The molecule has 0 radical (unpaired) electrons. The van der Waals surface area contributed by atoms with Gasteiger partial charge in [-0.05, 0) is 12.8 Å². The number of carbonyl (C=O) groups excluding carboxylic acids is 2. The first-order chi connectivity index (χ1) is 7.60. The summed E-state index contributed by atoms with van der Waals surface area (Å²) >= 11 is 0. The van der Waals surface area contributed by atoms with Gasteiger partial charge in [0.2, 0.25) is 0 Å². The average Bonchev–Trinajstić information content (AvgIpc) is 2.29. The van der Waals surface area contributed by atoms with Crippen LogP contribution < -0.4 is 0 Å². The third kappa shape index (κ3) is 5.89. The highest BCUT2D eigenvalue weighted by atomic mass is 16.5. The molecule has 0 saturated heterocycles. The Morgan fingerprint density at radius 3 is 2.38 bits per heavy atom. The van der Waals surface area contributed by atoms with E-state index in [0.717, 1.165) is 32.0 Å². The Kier molecular flexibility index (Phi) is 7.86. The molecule has 0 aromatic rings. The normalized spacial score (nSPS) is 14.2. The molecule has 1 unspecified atom stereocenters. The standard InChI is InChI=1S/C13H24O3/c1-4-6-7-8-9-13(5-2,10-14)11-16-12(3)15/h10H,4-9,11H2,1-3H3. The minimum absolute atomic E-state index is 0.231. The van der Waals surface area contributed by atoms with E-state index in [1.54, 1.807) is 0 Å². The smallest absolute Gasteiger partial charge is 0.302 e. The van der Waals surface area contributed by atoms with Crippen molar-refractivity contribution in [3.05, 3.63) is 0 Å². The fraction of sp³-hybridized carbons (Fsp3) is 0.846. The van der Waals surface area contributed by atoms with Crippen LogP contribution in [0, 0.1) is 5.41 Å². The van der Waals surface area contributed by atoms with Gasteiger partial charge >= 0.3 is 5.97 Å². The minimum atomic E-state index is -0.459. The number of ether oxygens (including phenoxy) is 1. The highest BCUT2D eigenvalue weighted by Crippen LogP contribution is 2.27. The maximum absolute atomic E-state index is 11.1. The summed E-state index contributed by atoms with van der Waals surface area (Å²) in [6, 6.07) is 0. The molecule has 0 aliphatic rings. The van der Waals surface area contributed by atoms with Crippen molar-refractivity contribution in [2.75, 3.05) is 6.61 Å². The van der Waals surface area contributed by atoms with Crippen LogP contribution in [0.1, 0.15) is 59.3 Å². The number of unbranched alkanes of at least 4 members (excludes halogenated alkanes) is 3. The summed E-state index contributed by atoms with van der Waals surface area (Å²) in [5, 5.41) is 0. The molecule has 0 aromatic carbocycles. The molecule has 16 heavy (non-hydrogen) atoms. The Balaban J connectivity index is 4.10. The first-order valence-corrected chi connectivity index (χ1v) is 6.20. The fourth-order valence-corrected chi connectivity index (χ4v) is 1.68.